The number of ether oxygens (including phenoxy) is 2. The highest BCUT2D eigenvalue weighted by atomic mass is 32.2. The van der Waals surface area contributed by atoms with Gasteiger partial charge in [-0.2, -0.15) is 0 Å². The summed E-state index contributed by atoms with van der Waals surface area (Å²) in [6.45, 7) is 6.46. The summed E-state index contributed by atoms with van der Waals surface area (Å²) in [7, 11) is 0. The fourth-order valence-corrected chi connectivity index (χ4v) is 3.33. The second-order valence-electron chi connectivity index (χ2n) is 5.71. The number of rotatable bonds is 3. The number of hydrogen-bond acceptors (Lipinski definition) is 4. The van der Waals surface area contributed by atoms with Gasteiger partial charge in [0, 0.05) is 17.8 Å². The van der Waals surface area contributed by atoms with Gasteiger partial charge >= 0.3 is 0 Å². The first kappa shape index (κ1) is 13.6. The maximum atomic E-state index is 5.59. The normalized spacial score (nSPS) is 21.8. The Balaban J connectivity index is 1.58. The molecule has 2 heterocycles. The average molecular weight is 292 g/mol. The summed E-state index contributed by atoms with van der Waals surface area (Å²) < 4.78 is 11.1. The van der Waals surface area contributed by atoms with E-state index in [1.807, 2.05) is 6.07 Å². The molecule has 1 N–H and O–H groups in total. The lowest BCUT2D eigenvalue weighted by molar-refractivity contribution is 0.171. The van der Waals surface area contributed by atoms with Gasteiger partial charge < -0.3 is 14.8 Å². The zero-order chi connectivity index (χ0) is 14.0. The first-order valence-corrected chi connectivity index (χ1v) is 7.95. The van der Waals surface area contributed by atoms with Gasteiger partial charge in [0.25, 0.3) is 0 Å². The zero-order valence-electron chi connectivity index (χ0n) is 11.9. The Morgan fingerprint density at radius 3 is 2.80 bits per heavy atom. The van der Waals surface area contributed by atoms with Crippen LogP contribution in [0.5, 0.6) is 11.5 Å². The van der Waals surface area contributed by atoms with Crippen LogP contribution in [0.3, 0.4) is 0 Å². The van der Waals surface area contributed by atoms with Crippen molar-refractivity contribution in [3.8, 4) is 11.5 Å². The standard InChI is InChI=1S/C15H20N2O2S/c1-15(2)10-20-14(17-15)16-6-5-11-3-4-12-13(9-11)19-8-7-18-12/h3-4,9H,5-8,10H2,1-2H3,(H,16,17). The number of nitrogens with zero attached hydrogens (tertiary/aromatic N) is 1. The van der Waals surface area contributed by atoms with Crippen LogP contribution in [0.25, 0.3) is 0 Å². The van der Waals surface area contributed by atoms with Crippen molar-refractivity contribution in [1.82, 2.24) is 5.32 Å². The van der Waals surface area contributed by atoms with Gasteiger partial charge in [-0.1, -0.05) is 17.8 Å². The second kappa shape index (κ2) is 5.56. The van der Waals surface area contributed by atoms with Crippen LogP contribution in [0.4, 0.5) is 0 Å². The van der Waals surface area contributed by atoms with Gasteiger partial charge in [0.15, 0.2) is 16.7 Å². The Kier molecular flexibility index (Phi) is 3.78. The first-order valence-electron chi connectivity index (χ1n) is 6.96. The van der Waals surface area contributed by atoms with Crippen LogP contribution in [0, 0.1) is 0 Å². The molecule has 4 nitrogen and oxygen atoms in total. The van der Waals surface area contributed by atoms with Crippen molar-refractivity contribution in [1.29, 1.82) is 0 Å². The summed E-state index contributed by atoms with van der Waals surface area (Å²) >= 11 is 1.80. The van der Waals surface area contributed by atoms with E-state index in [9.17, 15) is 0 Å². The van der Waals surface area contributed by atoms with Crippen LogP contribution in [-0.4, -0.2) is 36.2 Å². The summed E-state index contributed by atoms with van der Waals surface area (Å²) in [6, 6.07) is 6.14. The van der Waals surface area contributed by atoms with E-state index in [1.54, 1.807) is 11.8 Å². The molecule has 0 atom stereocenters. The molecular weight excluding hydrogens is 272 g/mol. The van der Waals surface area contributed by atoms with Crippen LogP contribution in [0.1, 0.15) is 19.4 Å². The summed E-state index contributed by atoms with van der Waals surface area (Å²) in [5.74, 6) is 2.78. The van der Waals surface area contributed by atoms with Crippen LogP contribution < -0.4 is 14.8 Å². The molecule has 0 amide bonds. The highest BCUT2D eigenvalue weighted by Crippen LogP contribution is 2.30. The Morgan fingerprint density at radius 1 is 1.25 bits per heavy atom. The topological polar surface area (TPSA) is 42.9 Å². The van der Waals surface area contributed by atoms with E-state index < -0.39 is 0 Å². The van der Waals surface area contributed by atoms with E-state index in [2.05, 4.69) is 36.3 Å². The van der Waals surface area contributed by atoms with Crippen molar-refractivity contribution in [3.05, 3.63) is 23.8 Å². The second-order valence-corrected chi connectivity index (χ2v) is 6.68. The molecule has 1 fully saturated rings. The van der Waals surface area contributed by atoms with E-state index in [4.69, 9.17) is 9.47 Å². The minimum atomic E-state index is 0.167. The van der Waals surface area contributed by atoms with Gasteiger partial charge in [-0.25, -0.2) is 0 Å². The molecule has 1 aromatic carbocycles. The van der Waals surface area contributed by atoms with Crippen molar-refractivity contribution in [2.24, 2.45) is 4.99 Å². The number of amidine groups is 1. The van der Waals surface area contributed by atoms with Gasteiger partial charge in [0.05, 0.1) is 0 Å². The van der Waals surface area contributed by atoms with Crippen LogP contribution >= 0.6 is 11.8 Å². The van der Waals surface area contributed by atoms with E-state index >= 15 is 0 Å². The highest BCUT2D eigenvalue weighted by Gasteiger charge is 2.26. The van der Waals surface area contributed by atoms with Crippen LogP contribution in [-0.2, 0) is 6.42 Å². The molecule has 2 aliphatic heterocycles. The van der Waals surface area contributed by atoms with Crippen molar-refractivity contribution in [3.63, 3.8) is 0 Å². The van der Waals surface area contributed by atoms with E-state index in [0.717, 1.165) is 35.4 Å². The van der Waals surface area contributed by atoms with Crippen molar-refractivity contribution in [2.45, 2.75) is 25.8 Å². The fraction of sp³-hybridized carbons (Fsp3) is 0.533. The van der Waals surface area contributed by atoms with Crippen LogP contribution in [0.15, 0.2) is 23.2 Å². The summed E-state index contributed by atoms with van der Waals surface area (Å²) in [5, 5.41) is 4.50. The highest BCUT2D eigenvalue weighted by molar-refractivity contribution is 8.14. The van der Waals surface area contributed by atoms with Crippen molar-refractivity contribution >= 4 is 16.9 Å². The third kappa shape index (κ3) is 3.20. The molecule has 0 aliphatic carbocycles. The molecule has 0 saturated carbocycles. The minimum Gasteiger partial charge on any atom is -0.486 e. The number of aliphatic imine (C=N–C) groups is 1. The Labute approximate surface area is 123 Å². The molecule has 1 aromatic rings. The molecule has 1 saturated heterocycles. The lowest BCUT2D eigenvalue weighted by Gasteiger charge is -2.18. The smallest absolute Gasteiger partial charge is 0.161 e. The third-order valence-electron chi connectivity index (χ3n) is 3.28. The lowest BCUT2D eigenvalue weighted by atomic mass is 10.1. The van der Waals surface area contributed by atoms with Crippen molar-refractivity contribution < 1.29 is 9.47 Å². The zero-order valence-corrected chi connectivity index (χ0v) is 12.8. The molecular formula is C15H20N2O2S. The molecule has 108 valence electrons. The van der Waals surface area contributed by atoms with Gasteiger partial charge in [0.2, 0.25) is 0 Å². The number of hydrogen-bond donors (Lipinski definition) is 1. The predicted octanol–water partition coefficient (Wildman–Crippen LogP) is 2.47. The quantitative estimate of drug-likeness (QED) is 0.929. The summed E-state index contributed by atoms with van der Waals surface area (Å²) in [4.78, 5) is 4.62. The molecule has 2 aliphatic rings. The van der Waals surface area contributed by atoms with E-state index in [0.29, 0.717) is 13.2 Å². The Hall–Kier alpha value is -1.36. The molecule has 5 heteroatoms. The fourth-order valence-electron chi connectivity index (χ4n) is 2.23. The van der Waals surface area contributed by atoms with Gasteiger partial charge in [-0.05, 0) is 38.0 Å². The molecule has 0 aromatic heterocycles. The number of thioether (sulfide) groups is 1. The Morgan fingerprint density at radius 2 is 2.05 bits per heavy atom. The van der Waals surface area contributed by atoms with E-state index in [-0.39, 0.29) is 5.54 Å². The molecule has 0 bridgehead atoms. The molecule has 0 spiro atoms. The predicted molar refractivity (Wildman–Crippen MR) is 83.1 cm³/mol. The molecule has 3 rings (SSSR count). The number of fused-ring (bicyclic) bond motifs is 1. The average Bonchev–Trinajstić information content (AvgIpc) is 2.78. The lowest BCUT2D eigenvalue weighted by Crippen LogP contribution is -2.36. The summed E-state index contributed by atoms with van der Waals surface area (Å²) in [5.41, 5.74) is 1.40. The summed E-state index contributed by atoms with van der Waals surface area (Å²) in [6.07, 6.45) is 0.919. The molecule has 20 heavy (non-hydrogen) atoms. The molecule has 0 unspecified atom stereocenters. The Bertz CT molecular complexity index is 529. The third-order valence-corrected chi connectivity index (χ3v) is 4.65. The number of benzene rings is 1. The maximum Gasteiger partial charge on any atom is 0.161 e. The van der Waals surface area contributed by atoms with Gasteiger partial charge in [0.1, 0.15) is 13.2 Å². The van der Waals surface area contributed by atoms with Crippen LogP contribution in [0.2, 0.25) is 0 Å². The van der Waals surface area contributed by atoms with E-state index in [1.165, 1.54) is 5.56 Å². The minimum absolute atomic E-state index is 0.167. The maximum absolute atomic E-state index is 5.59. The van der Waals surface area contributed by atoms with Gasteiger partial charge in [-0.3, -0.25) is 4.99 Å². The number of nitrogens with one attached hydrogen (secondary N) is 1. The first-order chi connectivity index (χ1) is 9.62. The monoisotopic (exact) mass is 292 g/mol. The SMILES string of the molecule is CC1(C)CSC(=NCCc2ccc3c(c2)OCCO3)N1. The molecule has 0 radical (unpaired) electrons. The van der Waals surface area contributed by atoms with Gasteiger partial charge in [-0.15, -0.1) is 0 Å². The largest absolute Gasteiger partial charge is 0.486 e. The van der Waals surface area contributed by atoms with Crippen molar-refractivity contribution in [2.75, 3.05) is 25.5 Å².